The second-order valence-electron chi connectivity index (χ2n) is 5.09. The molecule has 19 heavy (non-hydrogen) atoms. The smallest absolute Gasteiger partial charge is 0.245 e. The molecule has 0 radical (unpaired) electrons. The van der Waals surface area contributed by atoms with Crippen LogP contribution in [0, 0.1) is 0 Å². The summed E-state index contributed by atoms with van der Waals surface area (Å²) in [7, 11) is 0.175. The van der Waals surface area contributed by atoms with E-state index in [4.69, 9.17) is 10.2 Å². The first-order valence-corrected chi connectivity index (χ1v) is 8.03. The molecule has 0 aliphatic heterocycles. The maximum atomic E-state index is 12.2. The largest absolute Gasteiger partial charge is 0.452 e. The molecule has 1 aromatic rings. The Balaban J connectivity index is 2.90. The van der Waals surface area contributed by atoms with Crippen LogP contribution in [0.1, 0.15) is 19.6 Å². The molecule has 0 fully saturated rings. The second-order valence-corrected chi connectivity index (χ2v) is 7.54. The Labute approximate surface area is 122 Å². The van der Waals surface area contributed by atoms with Gasteiger partial charge in [0, 0.05) is 18.2 Å². The number of hydrogen-bond donors (Lipinski definition) is 2. The molecular weight excluding hydrogens is 334 g/mol. The molecule has 1 heterocycles. The van der Waals surface area contributed by atoms with Gasteiger partial charge in [-0.3, -0.25) is 0 Å². The van der Waals surface area contributed by atoms with E-state index in [1.165, 1.54) is 6.07 Å². The van der Waals surface area contributed by atoms with Crippen LogP contribution < -0.4 is 10.5 Å². The summed E-state index contributed by atoms with van der Waals surface area (Å²) in [6.07, 6.45) is 0. The lowest BCUT2D eigenvalue weighted by atomic mass is 10.1. The first-order chi connectivity index (χ1) is 8.60. The minimum atomic E-state index is -3.62. The highest BCUT2D eigenvalue weighted by atomic mass is 79.9. The SMILES string of the molecule is CN(C)C(C)(C)CNS(=O)(=O)c1cc(CN)oc1Br. The second kappa shape index (κ2) is 5.92. The van der Waals surface area contributed by atoms with E-state index in [1.807, 2.05) is 32.8 Å². The predicted molar refractivity (Wildman–Crippen MR) is 77.3 cm³/mol. The third-order valence-corrected chi connectivity index (χ3v) is 5.36. The fraction of sp³-hybridized carbons (Fsp3) is 0.636. The summed E-state index contributed by atoms with van der Waals surface area (Å²) in [4.78, 5) is 2.02. The number of nitrogens with two attached hydrogens (primary N) is 1. The third kappa shape index (κ3) is 4.03. The molecule has 0 aliphatic carbocycles. The van der Waals surface area contributed by atoms with E-state index >= 15 is 0 Å². The molecule has 0 aliphatic rings. The van der Waals surface area contributed by atoms with Crippen LogP contribution in [0.4, 0.5) is 0 Å². The molecule has 1 aromatic heterocycles. The van der Waals surface area contributed by atoms with E-state index < -0.39 is 10.0 Å². The van der Waals surface area contributed by atoms with E-state index in [0.717, 1.165) is 0 Å². The number of rotatable bonds is 6. The Hall–Kier alpha value is -0.410. The number of halogens is 1. The molecule has 6 nitrogen and oxygen atoms in total. The summed E-state index contributed by atoms with van der Waals surface area (Å²) in [6, 6.07) is 1.43. The van der Waals surface area contributed by atoms with E-state index in [0.29, 0.717) is 5.76 Å². The van der Waals surface area contributed by atoms with Crippen molar-refractivity contribution in [3.63, 3.8) is 0 Å². The Kier molecular flexibility index (Phi) is 5.19. The van der Waals surface area contributed by atoms with Gasteiger partial charge in [-0.1, -0.05) is 0 Å². The molecule has 110 valence electrons. The zero-order valence-electron chi connectivity index (χ0n) is 11.5. The molecule has 0 atom stereocenters. The first-order valence-electron chi connectivity index (χ1n) is 5.75. The highest BCUT2D eigenvalue weighted by Gasteiger charge is 2.27. The highest BCUT2D eigenvalue weighted by Crippen LogP contribution is 2.26. The number of nitrogens with one attached hydrogen (secondary N) is 1. The van der Waals surface area contributed by atoms with Gasteiger partial charge in [-0.05, 0) is 43.9 Å². The number of furan rings is 1. The van der Waals surface area contributed by atoms with Crippen LogP contribution in [-0.4, -0.2) is 39.5 Å². The lowest BCUT2D eigenvalue weighted by Crippen LogP contribution is -2.48. The van der Waals surface area contributed by atoms with Crippen molar-refractivity contribution in [1.29, 1.82) is 0 Å². The zero-order chi connectivity index (χ0) is 14.8. The fourth-order valence-electron chi connectivity index (χ4n) is 1.19. The van der Waals surface area contributed by atoms with Gasteiger partial charge in [0.15, 0.2) is 4.67 Å². The molecule has 1 rings (SSSR count). The predicted octanol–water partition coefficient (Wildman–Crippen LogP) is 1.12. The van der Waals surface area contributed by atoms with Gasteiger partial charge in [-0.25, -0.2) is 13.1 Å². The molecular formula is C11H20BrN3O3S. The van der Waals surface area contributed by atoms with Crippen LogP contribution in [0.15, 0.2) is 20.0 Å². The third-order valence-electron chi connectivity index (χ3n) is 3.10. The van der Waals surface area contributed by atoms with Crippen LogP contribution >= 0.6 is 15.9 Å². The van der Waals surface area contributed by atoms with E-state index in [9.17, 15) is 8.42 Å². The van der Waals surface area contributed by atoms with Crippen LogP contribution in [0.2, 0.25) is 0 Å². The molecule has 0 aromatic carbocycles. The standard InChI is InChI=1S/C11H20BrN3O3S/c1-11(2,15(3)4)7-14-19(16,17)9-5-8(6-13)18-10(9)12/h5,14H,6-7,13H2,1-4H3. The van der Waals surface area contributed by atoms with Gasteiger partial charge in [-0.15, -0.1) is 0 Å². The van der Waals surface area contributed by atoms with E-state index in [1.54, 1.807) is 0 Å². The van der Waals surface area contributed by atoms with Crippen LogP contribution in [0.5, 0.6) is 0 Å². The van der Waals surface area contributed by atoms with Crippen molar-refractivity contribution in [3.05, 3.63) is 16.5 Å². The number of nitrogens with zero attached hydrogens (tertiary/aromatic N) is 1. The Morgan fingerprint density at radius 3 is 2.47 bits per heavy atom. The molecule has 3 N–H and O–H groups in total. The maximum absolute atomic E-state index is 12.2. The summed E-state index contributed by atoms with van der Waals surface area (Å²) in [5, 5.41) is 0. The van der Waals surface area contributed by atoms with Gasteiger partial charge in [0.1, 0.15) is 10.7 Å². The molecule has 0 unspecified atom stereocenters. The van der Waals surface area contributed by atoms with Crippen molar-refractivity contribution in [2.24, 2.45) is 5.73 Å². The van der Waals surface area contributed by atoms with Gasteiger partial charge in [0.2, 0.25) is 10.0 Å². The van der Waals surface area contributed by atoms with Gasteiger partial charge in [0.05, 0.1) is 6.54 Å². The minimum absolute atomic E-state index is 0.0718. The molecule has 0 amide bonds. The lowest BCUT2D eigenvalue weighted by Gasteiger charge is -2.32. The van der Waals surface area contributed by atoms with Gasteiger partial charge >= 0.3 is 0 Å². The van der Waals surface area contributed by atoms with Gasteiger partial charge in [0.25, 0.3) is 0 Å². The van der Waals surface area contributed by atoms with Crippen LogP contribution in [0.25, 0.3) is 0 Å². The topological polar surface area (TPSA) is 88.6 Å². The molecule has 0 saturated heterocycles. The highest BCUT2D eigenvalue weighted by molar-refractivity contribution is 9.10. The average molecular weight is 354 g/mol. The van der Waals surface area contributed by atoms with Gasteiger partial charge in [-0.2, -0.15) is 0 Å². The molecule has 8 heteroatoms. The summed E-state index contributed by atoms with van der Waals surface area (Å²) < 4.78 is 32.3. The summed E-state index contributed by atoms with van der Waals surface area (Å²) >= 11 is 3.09. The van der Waals surface area contributed by atoms with Crippen molar-refractivity contribution in [2.45, 2.75) is 30.8 Å². The maximum Gasteiger partial charge on any atom is 0.245 e. The summed E-state index contributed by atoms with van der Waals surface area (Å²) in [5.41, 5.74) is 5.13. The normalized spacial score (nSPS) is 13.2. The van der Waals surface area contributed by atoms with Crippen molar-refractivity contribution >= 4 is 26.0 Å². The molecule has 0 spiro atoms. The zero-order valence-corrected chi connectivity index (χ0v) is 13.9. The van der Waals surface area contributed by atoms with E-state index in [2.05, 4.69) is 20.7 Å². The van der Waals surface area contributed by atoms with E-state index in [-0.39, 0.29) is 28.2 Å². The average Bonchev–Trinajstić information content (AvgIpc) is 2.69. The quantitative estimate of drug-likeness (QED) is 0.799. The Morgan fingerprint density at radius 2 is 2.05 bits per heavy atom. The fourth-order valence-corrected chi connectivity index (χ4v) is 3.39. The Morgan fingerprint density at radius 1 is 1.47 bits per heavy atom. The van der Waals surface area contributed by atoms with Gasteiger partial charge < -0.3 is 15.1 Å². The first kappa shape index (κ1) is 16.6. The number of hydrogen-bond acceptors (Lipinski definition) is 5. The Bertz CT molecular complexity index is 537. The molecule has 0 bridgehead atoms. The van der Waals surface area contributed by atoms with Crippen molar-refractivity contribution in [3.8, 4) is 0 Å². The number of likely N-dealkylation sites (N-methyl/N-ethyl adjacent to an activating group) is 1. The minimum Gasteiger partial charge on any atom is -0.452 e. The van der Waals surface area contributed by atoms with Crippen LogP contribution in [-0.2, 0) is 16.6 Å². The number of sulfonamides is 1. The van der Waals surface area contributed by atoms with Crippen molar-refractivity contribution in [1.82, 2.24) is 9.62 Å². The monoisotopic (exact) mass is 353 g/mol. The summed E-state index contributed by atoms with van der Waals surface area (Å²) in [6.45, 7) is 4.34. The van der Waals surface area contributed by atoms with Crippen molar-refractivity contribution < 1.29 is 12.8 Å². The molecule has 0 saturated carbocycles. The van der Waals surface area contributed by atoms with Crippen LogP contribution in [0.3, 0.4) is 0 Å². The lowest BCUT2D eigenvalue weighted by molar-refractivity contribution is 0.199. The summed E-state index contributed by atoms with van der Waals surface area (Å²) in [5.74, 6) is 0.416. The van der Waals surface area contributed by atoms with Crippen molar-refractivity contribution in [2.75, 3.05) is 20.6 Å².